The number of halogens is 1. The van der Waals surface area contributed by atoms with Crippen molar-refractivity contribution in [1.29, 1.82) is 0 Å². The quantitative estimate of drug-likeness (QED) is 0.783. The molecule has 0 radical (unpaired) electrons. The topological polar surface area (TPSA) is 29.5 Å². The van der Waals surface area contributed by atoms with E-state index in [4.69, 9.17) is 4.74 Å². The summed E-state index contributed by atoms with van der Waals surface area (Å²) < 4.78 is 5.72. The highest BCUT2D eigenvalue weighted by Crippen LogP contribution is 2.27. The maximum Gasteiger partial charge on any atom is 0.337 e. The van der Waals surface area contributed by atoms with Crippen LogP contribution in [0.4, 0.5) is 0 Å². The number of hydrogen-bond acceptors (Lipinski definition) is 3. The number of benzene rings is 1. The zero-order valence-corrected chi connectivity index (χ0v) is 13.9. The zero-order chi connectivity index (χ0) is 14.7. The van der Waals surface area contributed by atoms with Gasteiger partial charge in [0.1, 0.15) is 0 Å². The van der Waals surface area contributed by atoms with Crippen molar-refractivity contribution in [2.45, 2.75) is 39.3 Å². The van der Waals surface area contributed by atoms with E-state index in [-0.39, 0.29) is 5.97 Å². The van der Waals surface area contributed by atoms with Crippen LogP contribution in [0.3, 0.4) is 0 Å². The first-order valence-corrected chi connectivity index (χ1v) is 7.93. The molecular formula is C16H22BrNO2. The Labute approximate surface area is 129 Å². The van der Waals surface area contributed by atoms with Crippen LogP contribution in [0.5, 0.6) is 0 Å². The fraction of sp³-hybridized carbons (Fsp3) is 0.562. The van der Waals surface area contributed by atoms with Crippen molar-refractivity contribution in [3.63, 3.8) is 0 Å². The SMILES string of the molecule is COC(=O)c1ccc(CN2CCCC(C)C2C)c(Br)c1. The number of nitrogens with zero attached hydrogens (tertiary/aromatic N) is 1. The second-order valence-electron chi connectivity index (χ2n) is 5.63. The smallest absolute Gasteiger partial charge is 0.337 e. The molecule has 1 saturated heterocycles. The largest absolute Gasteiger partial charge is 0.465 e. The molecule has 0 spiro atoms. The number of esters is 1. The first-order chi connectivity index (χ1) is 9.52. The lowest BCUT2D eigenvalue weighted by Gasteiger charge is -2.38. The molecule has 0 aromatic heterocycles. The van der Waals surface area contributed by atoms with E-state index in [9.17, 15) is 4.79 Å². The Morgan fingerprint density at radius 1 is 1.45 bits per heavy atom. The van der Waals surface area contributed by atoms with Crippen molar-refractivity contribution < 1.29 is 9.53 Å². The van der Waals surface area contributed by atoms with Crippen molar-refractivity contribution in [2.24, 2.45) is 5.92 Å². The lowest BCUT2D eigenvalue weighted by atomic mass is 9.91. The minimum Gasteiger partial charge on any atom is -0.465 e. The minimum atomic E-state index is -0.294. The van der Waals surface area contributed by atoms with E-state index in [0.717, 1.165) is 23.5 Å². The summed E-state index contributed by atoms with van der Waals surface area (Å²) in [5, 5.41) is 0. The molecule has 1 aromatic carbocycles. The molecule has 0 aliphatic carbocycles. The number of likely N-dealkylation sites (tertiary alicyclic amines) is 1. The standard InChI is InChI=1S/C16H22BrNO2/c1-11-5-4-8-18(12(11)2)10-14-7-6-13(9-15(14)17)16(19)20-3/h6-7,9,11-12H,4-5,8,10H2,1-3H3. The van der Waals surface area contributed by atoms with Gasteiger partial charge in [0, 0.05) is 17.1 Å². The maximum atomic E-state index is 11.5. The van der Waals surface area contributed by atoms with Gasteiger partial charge in [-0.1, -0.05) is 28.9 Å². The lowest BCUT2D eigenvalue weighted by molar-refractivity contribution is 0.0600. The van der Waals surface area contributed by atoms with E-state index in [1.807, 2.05) is 18.2 Å². The van der Waals surface area contributed by atoms with Crippen LogP contribution in [0, 0.1) is 5.92 Å². The number of ether oxygens (including phenoxy) is 1. The molecule has 3 nitrogen and oxygen atoms in total. The van der Waals surface area contributed by atoms with Gasteiger partial charge in [-0.05, 0) is 49.9 Å². The Bertz CT molecular complexity index is 489. The molecular weight excluding hydrogens is 318 g/mol. The van der Waals surface area contributed by atoms with Crippen LogP contribution in [0.15, 0.2) is 22.7 Å². The first kappa shape index (κ1) is 15.5. The lowest BCUT2D eigenvalue weighted by Crippen LogP contribution is -2.41. The highest BCUT2D eigenvalue weighted by atomic mass is 79.9. The van der Waals surface area contributed by atoms with Crippen LogP contribution in [0.1, 0.15) is 42.6 Å². The Balaban J connectivity index is 2.11. The van der Waals surface area contributed by atoms with Crippen molar-refractivity contribution >= 4 is 21.9 Å². The molecule has 1 aliphatic heterocycles. The van der Waals surface area contributed by atoms with Gasteiger partial charge >= 0.3 is 5.97 Å². The number of methoxy groups -OCH3 is 1. The predicted molar refractivity (Wildman–Crippen MR) is 83.8 cm³/mol. The normalized spacial score (nSPS) is 23.6. The maximum absolute atomic E-state index is 11.5. The third-order valence-electron chi connectivity index (χ3n) is 4.35. The van der Waals surface area contributed by atoms with Crippen LogP contribution in [-0.4, -0.2) is 30.6 Å². The summed E-state index contributed by atoms with van der Waals surface area (Å²) in [7, 11) is 1.40. The van der Waals surface area contributed by atoms with Gasteiger partial charge in [-0.25, -0.2) is 4.79 Å². The van der Waals surface area contributed by atoms with Crippen LogP contribution >= 0.6 is 15.9 Å². The Morgan fingerprint density at radius 3 is 2.85 bits per heavy atom. The van der Waals surface area contributed by atoms with Gasteiger partial charge in [0.05, 0.1) is 12.7 Å². The molecule has 20 heavy (non-hydrogen) atoms. The third-order valence-corrected chi connectivity index (χ3v) is 5.09. The van der Waals surface area contributed by atoms with E-state index in [1.54, 1.807) is 0 Å². The summed E-state index contributed by atoms with van der Waals surface area (Å²) in [6.07, 6.45) is 2.59. The van der Waals surface area contributed by atoms with Gasteiger partial charge in [0.2, 0.25) is 0 Å². The van der Waals surface area contributed by atoms with Crippen LogP contribution in [0.25, 0.3) is 0 Å². The first-order valence-electron chi connectivity index (χ1n) is 7.13. The molecule has 2 unspecified atom stereocenters. The Kier molecular flexibility index (Phi) is 5.22. The third kappa shape index (κ3) is 3.41. The highest BCUT2D eigenvalue weighted by Gasteiger charge is 2.25. The molecule has 1 fully saturated rings. The van der Waals surface area contributed by atoms with Gasteiger partial charge in [-0.3, -0.25) is 4.90 Å². The monoisotopic (exact) mass is 339 g/mol. The molecule has 1 aliphatic rings. The van der Waals surface area contributed by atoms with Crippen LogP contribution in [-0.2, 0) is 11.3 Å². The summed E-state index contributed by atoms with van der Waals surface area (Å²) in [5.74, 6) is 0.453. The van der Waals surface area contributed by atoms with Gasteiger partial charge in [-0.15, -0.1) is 0 Å². The van der Waals surface area contributed by atoms with Gasteiger partial charge in [0.25, 0.3) is 0 Å². The summed E-state index contributed by atoms with van der Waals surface area (Å²) in [5.41, 5.74) is 1.81. The summed E-state index contributed by atoms with van der Waals surface area (Å²) in [6, 6.07) is 6.31. The van der Waals surface area contributed by atoms with E-state index in [2.05, 4.69) is 34.7 Å². The Morgan fingerprint density at radius 2 is 2.20 bits per heavy atom. The Hall–Kier alpha value is -0.870. The second kappa shape index (κ2) is 6.72. The van der Waals surface area contributed by atoms with Crippen LogP contribution < -0.4 is 0 Å². The van der Waals surface area contributed by atoms with Crippen molar-refractivity contribution in [3.05, 3.63) is 33.8 Å². The van der Waals surface area contributed by atoms with Crippen molar-refractivity contribution in [3.8, 4) is 0 Å². The van der Waals surface area contributed by atoms with E-state index in [0.29, 0.717) is 11.6 Å². The summed E-state index contributed by atoms with van der Waals surface area (Å²) in [6.45, 7) is 6.71. The van der Waals surface area contributed by atoms with E-state index in [1.165, 1.54) is 25.5 Å². The molecule has 0 amide bonds. The van der Waals surface area contributed by atoms with Gasteiger partial charge in [-0.2, -0.15) is 0 Å². The predicted octanol–water partition coefficient (Wildman–Crippen LogP) is 3.86. The molecule has 0 N–H and O–H groups in total. The van der Waals surface area contributed by atoms with E-state index >= 15 is 0 Å². The van der Waals surface area contributed by atoms with Gasteiger partial charge in [0.15, 0.2) is 0 Å². The second-order valence-corrected chi connectivity index (χ2v) is 6.48. The number of piperidine rings is 1. The molecule has 4 heteroatoms. The number of carbonyl (C=O) groups is 1. The molecule has 1 heterocycles. The molecule has 2 rings (SSSR count). The average molecular weight is 340 g/mol. The molecule has 0 bridgehead atoms. The van der Waals surface area contributed by atoms with Crippen molar-refractivity contribution in [2.75, 3.05) is 13.7 Å². The van der Waals surface area contributed by atoms with Crippen molar-refractivity contribution in [1.82, 2.24) is 4.90 Å². The zero-order valence-electron chi connectivity index (χ0n) is 12.4. The average Bonchev–Trinajstić information content (AvgIpc) is 2.45. The van der Waals surface area contributed by atoms with Gasteiger partial charge < -0.3 is 4.74 Å². The number of rotatable bonds is 3. The highest BCUT2D eigenvalue weighted by molar-refractivity contribution is 9.10. The van der Waals surface area contributed by atoms with Crippen LogP contribution in [0.2, 0.25) is 0 Å². The summed E-state index contributed by atoms with van der Waals surface area (Å²) >= 11 is 3.57. The number of carbonyl (C=O) groups excluding carboxylic acids is 1. The molecule has 110 valence electrons. The number of hydrogen-bond donors (Lipinski definition) is 0. The molecule has 1 aromatic rings. The fourth-order valence-corrected chi connectivity index (χ4v) is 3.29. The molecule has 2 atom stereocenters. The van der Waals surface area contributed by atoms with E-state index < -0.39 is 0 Å². The minimum absolute atomic E-state index is 0.294. The summed E-state index contributed by atoms with van der Waals surface area (Å²) in [4.78, 5) is 14.0. The fourth-order valence-electron chi connectivity index (χ4n) is 2.78. The molecule has 0 saturated carbocycles.